The molecular weight excluding hydrogens is 221 g/mol. The van der Waals surface area contributed by atoms with Crippen LogP contribution in [-0.4, -0.2) is 25.0 Å². The number of carbonyl (C=O) groups is 1. The van der Waals surface area contributed by atoms with Crippen molar-refractivity contribution in [1.29, 1.82) is 0 Å². The smallest absolute Gasteiger partial charge is 0.233 e. The molecule has 1 aromatic rings. The Morgan fingerprint density at radius 2 is 2.18 bits per heavy atom. The molecule has 3 rings (SSSR count). The Labute approximate surface area is 98.4 Å². The molecular formula is C12H14FN3O. The van der Waals surface area contributed by atoms with Crippen molar-refractivity contribution in [2.75, 3.05) is 18.4 Å². The second-order valence-corrected chi connectivity index (χ2v) is 4.76. The molecule has 1 heterocycles. The van der Waals surface area contributed by atoms with Crippen molar-refractivity contribution in [3.63, 3.8) is 0 Å². The van der Waals surface area contributed by atoms with Gasteiger partial charge in [-0.25, -0.2) is 4.39 Å². The summed E-state index contributed by atoms with van der Waals surface area (Å²) in [7, 11) is 0. The van der Waals surface area contributed by atoms with Crippen molar-refractivity contribution in [3.8, 4) is 0 Å². The number of halogens is 1. The van der Waals surface area contributed by atoms with E-state index in [1.165, 1.54) is 12.1 Å². The SMILES string of the molecule is NC1C2CNCC12C(=O)Nc1ccc(F)cc1. The number of carbonyl (C=O) groups excluding carboxylic acids is 1. The molecule has 1 aliphatic heterocycles. The average molecular weight is 235 g/mol. The second kappa shape index (κ2) is 3.51. The number of amides is 1. The van der Waals surface area contributed by atoms with Crippen molar-refractivity contribution in [2.45, 2.75) is 6.04 Å². The van der Waals surface area contributed by atoms with Gasteiger partial charge in [-0.1, -0.05) is 0 Å². The normalized spacial score (nSPS) is 34.2. The molecule has 4 N–H and O–H groups in total. The van der Waals surface area contributed by atoms with Crippen LogP contribution in [0.25, 0.3) is 0 Å². The van der Waals surface area contributed by atoms with E-state index in [2.05, 4.69) is 10.6 Å². The third-order valence-electron chi connectivity index (χ3n) is 3.89. The molecule has 3 unspecified atom stereocenters. The first kappa shape index (κ1) is 10.7. The summed E-state index contributed by atoms with van der Waals surface area (Å²) in [6.07, 6.45) is 0. The zero-order chi connectivity index (χ0) is 12.0. The molecule has 5 heteroatoms. The topological polar surface area (TPSA) is 67.1 Å². The number of benzene rings is 1. The highest BCUT2D eigenvalue weighted by molar-refractivity contribution is 5.99. The van der Waals surface area contributed by atoms with Crippen molar-refractivity contribution in [1.82, 2.24) is 5.32 Å². The molecule has 4 nitrogen and oxygen atoms in total. The number of nitrogens with one attached hydrogen (secondary N) is 2. The lowest BCUT2D eigenvalue weighted by Crippen LogP contribution is -2.36. The minimum Gasteiger partial charge on any atom is -0.326 e. The molecule has 90 valence electrons. The monoisotopic (exact) mass is 235 g/mol. The minimum absolute atomic E-state index is 0.0517. The highest BCUT2D eigenvalue weighted by Gasteiger charge is 2.70. The molecule has 3 atom stereocenters. The fourth-order valence-electron chi connectivity index (χ4n) is 2.72. The third-order valence-corrected chi connectivity index (χ3v) is 3.89. The first-order valence-corrected chi connectivity index (χ1v) is 5.68. The number of hydrogen-bond acceptors (Lipinski definition) is 3. The molecule has 0 aromatic heterocycles. The van der Waals surface area contributed by atoms with Gasteiger partial charge < -0.3 is 16.4 Å². The van der Waals surface area contributed by atoms with Crippen LogP contribution in [0, 0.1) is 17.2 Å². The first-order valence-electron chi connectivity index (χ1n) is 5.68. The first-order chi connectivity index (χ1) is 8.14. The van der Waals surface area contributed by atoms with Gasteiger partial charge in [0.25, 0.3) is 0 Å². The molecule has 1 saturated carbocycles. The predicted molar refractivity (Wildman–Crippen MR) is 61.8 cm³/mol. The van der Waals surface area contributed by atoms with Gasteiger partial charge in [-0.15, -0.1) is 0 Å². The Morgan fingerprint density at radius 3 is 2.76 bits per heavy atom. The lowest BCUT2D eigenvalue weighted by atomic mass is 10.0. The van der Waals surface area contributed by atoms with Crippen molar-refractivity contribution < 1.29 is 9.18 Å². The molecule has 0 spiro atoms. The molecule has 0 bridgehead atoms. The van der Waals surface area contributed by atoms with Gasteiger partial charge in [-0.2, -0.15) is 0 Å². The molecule has 1 aliphatic carbocycles. The van der Waals surface area contributed by atoms with Gasteiger partial charge >= 0.3 is 0 Å². The molecule has 1 aromatic carbocycles. The molecule has 17 heavy (non-hydrogen) atoms. The van der Waals surface area contributed by atoms with Crippen LogP contribution >= 0.6 is 0 Å². The Hall–Kier alpha value is -1.46. The van der Waals surface area contributed by atoms with E-state index in [0.29, 0.717) is 12.2 Å². The van der Waals surface area contributed by atoms with Gasteiger partial charge in [0.2, 0.25) is 5.91 Å². The van der Waals surface area contributed by atoms with E-state index in [9.17, 15) is 9.18 Å². The molecule has 2 fully saturated rings. The molecule has 1 saturated heterocycles. The van der Waals surface area contributed by atoms with Crippen LogP contribution in [0.1, 0.15) is 0 Å². The van der Waals surface area contributed by atoms with Gasteiger partial charge in [0, 0.05) is 30.7 Å². The lowest BCUT2D eigenvalue weighted by Gasteiger charge is -2.13. The zero-order valence-corrected chi connectivity index (χ0v) is 9.24. The number of anilines is 1. The van der Waals surface area contributed by atoms with Crippen LogP contribution in [0.3, 0.4) is 0 Å². The van der Waals surface area contributed by atoms with Crippen LogP contribution in [0.15, 0.2) is 24.3 Å². The van der Waals surface area contributed by atoms with E-state index in [4.69, 9.17) is 5.73 Å². The summed E-state index contributed by atoms with van der Waals surface area (Å²) in [6, 6.07) is 5.70. The zero-order valence-electron chi connectivity index (χ0n) is 9.24. The lowest BCUT2D eigenvalue weighted by molar-refractivity contribution is -0.121. The largest absolute Gasteiger partial charge is 0.326 e. The van der Waals surface area contributed by atoms with Crippen LogP contribution in [-0.2, 0) is 4.79 Å². The van der Waals surface area contributed by atoms with Gasteiger partial charge in [0.1, 0.15) is 5.82 Å². The Morgan fingerprint density at radius 1 is 1.47 bits per heavy atom. The molecule has 1 amide bonds. The van der Waals surface area contributed by atoms with Gasteiger partial charge in [0.15, 0.2) is 0 Å². The van der Waals surface area contributed by atoms with Crippen molar-refractivity contribution >= 4 is 11.6 Å². The third kappa shape index (κ3) is 1.46. The maximum Gasteiger partial charge on any atom is 0.233 e. The summed E-state index contributed by atoms with van der Waals surface area (Å²) in [4.78, 5) is 12.1. The highest BCUT2D eigenvalue weighted by atomic mass is 19.1. The fraction of sp³-hybridized carbons (Fsp3) is 0.417. The number of fused-ring (bicyclic) bond motifs is 1. The van der Waals surface area contributed by atoms with Gasteiger partial charge in [-0.05, 0) is 24.3 Å². The highest BCUT2D eigenvalue weighted by Crippen LogP contribution is 2.54. The summed E-state index contributed by atoms with van der Waals surface area (Å²) >= 11 is 0. The number of piperidine rings is 1. The van der Waals surface area contributed by atoms with Gasteiger partial charge in [-0.3, -0.25) is 4.79 Å². The van der Waals surface area contributed by atoms with E-state index in [0.717, 1.165) is 6.54 Å². The predicted octanol–water partition coefficient (Wildman–Crippen LogP) is 0.311. The van der Waals surface area contributed by atoms with E-state index in [-0.39, 0.29) is 23.7 Å². The van der Waals surface area contributed by atoms with Crippen molar-refractivity contribution in [3.05, 3.63) is 30.1 Å². The fourth-order valence-corrected chi connectivity index (χ4v) is 2.72. The van der Waals surface area contributed by atoms with Crippen LogP contribution in [0.2, 0.25) is 0 Å². The summed E-state index contributed by atoms with van der Waals surface area (Å²) in [6.45, 7) is 1.43. The number of nitrogens with two attached hydrogens (primary N) is 1. The van der Waals surface area contributed by atoms with E-state index in [1.807, 2.05) is 0 Å². The minimum atomic E-state index is -0.450. The quantitative estimate of drug-likeness (QED) is 0.691. The van der Waals surface area contributed by atoms with Crippen LogP contribution in [0.5, 0.6) is 0 Å². The standard InChI is InChI=1S/C12H14FN3O/c13-7-1-3-8(4-2-7)16-11(17)12-6-15-5-9(12)10(12)14/h1-4,9-10,15H,5-6,14H2,(H,16,17). The summed E-state index contributed by atoms with van der Waals surface area (Å²) in [5.41, 5.74) is 6.08. The summed E-state index contributed by atoms with van der Waals surface area (Å²) in [5, 5.41) is 5.97. The van der Waals surface area contributed by atoms with E-state index in [1.54, 1.807) is 12.1 Å². The number of hydrogen-bond donors (Lipinski definition) is 3. The summed E-state index contributed by atoms with van der Waals surface area (Å²) < 4.78 is 12.7. The number of rotatable bonds is 2. The Balaban J connectivity index is 1.74. The Bertz CT molecular complexity index is 461. The van der Waals surface area contributed by atoms with Crippen LogP contribution in [0.4, 0.5) is 10.1 Å². The average Bonchev–Trinajstić information content (AvgIpc) is 2.74. The molecule has 2 aliphatic rings. The van der Waals surface area contributed by atoms with Crippen molar-refractivity contribution in [2.24, 2.45) is 17.1 Å². The van der Waals surface area contributed by atoms with Crippen LogP contribution < -0.4 is 16.4 Å². The maximum absolute atomic E-state index is 12.7. The maximum atomic E-state index is 12.7. The van der Waals surface area contributed by atoms with E-state index >= 15 is 0 Å². The molecule has 0 radical (unpaired) electrons. The Kier molecular flexibility index (Phi) is 2.21. The van der Waals surface area contributed by atoms with E-state index < -0.39 is 5.41 Å². The van der Waals surface area contributed by atoms with Gasteiger partial charge in [0.05, 0.1) is 5.41 Å². The summed E-state index contributed by atoms with van der Waals surface area (Å²) in [5.74, 6) is -0.140. The second-order valence-electron chi connectivity index (χ2n) is 4.76.